The first-order valence-corrected chi connectivity index (χ1v) is 13.0. The van der Waals surface area contributed by atoms with Crippen molar-refractivity contribution in [2.24, 2.45) is 0 Å². The zero-order valence-electron chi connectivity index (χ0n) is 16.7. The average molecular weight is 462 g/mol. The SMILES string of the molecule is CCS(=O)(=O)N1CCC(NC(=O)[C@@H](CCSC)NC(=O)c2ccccc2Cl)CC1. The van der Waals surface area contributed by atoms with Crippen LogP contribution in [0.15, 0.2) is 24.3 Å². The molecule has 1 aromatic rings. The summed E-state index contributed by atoms with van der Waals surface area (Å²) in [4.78, 5) is 25.4. The molecule has 1 aliphatic rings. The van der Waals surface area contributed by atoms with Gasteiger partial charge in [-0.05, 0) is 50.3 Å². The number of halogens is 1. The molecule has 1 atom stereocenters. The van der Waals surface area contributed by atoms with Crippen LogP contribution in [0.5, 0.6) is 0 Å². The number of rotatable bonds is 9. The van der Waals surface area contributed by atoms with E-state index in [0.717, 1.165) is 0 Å². The highest BCUT2D eigenvalue weighted by molar-refractivity contribution is 7.98. The van der Waals surface area contributed by atoms with Gasteiger partial charge >= 0.3 is 0 Å². The maximum atomic E-state index is 12.8. The molecule has 10 heteroatoms. The van der Waals surface area contributed by atoms with E-state index < -0.39 is 16.1 Å². The molecule has 29 heavy (non-hydrogen) atoms. The van der Waals surface area contributed by atoms with Crippen molar-refractivity contribution in [3.63, 3.8) is 0 Å². The van der Waals surface area contributed by atoms with Gasteiger partial charge in [-0.25, -0.2) is 12.7 Å². The molecular formula is C19H28ClN3O4S2. The van der Waals surface area contributed by atoms with Crippen LogP contribution in [0.4, 0.5) is 0 Å². The Bertz CT molecular complexity index is 811. The Balaban J connectivity index is 1.97. The van der Waals surface area contributed by atoms with E-state index in [2.05, 4.69) is 10.6 Å². The number of amides is 2. The molecular weight excluding hydrogens is 434 g/mol. The number of hydrogen-bond donors (Lipinski definition) is 2. The minimum absolute atomic E-state index is 0.0782. The summed E-state index contributed by atoms with van der Waals surface area (Å²) >= 11 is 7.68. The van der Waals surface area contributed by atoms with Crippen molar-refractivity contribution in [1.82, 2.24) is 14.9 Å². The Morgan fingerprint density at radius 1 is 1.28 bits per heavy atom. The summed E-state index contributed by atoms with van der Waals surface area (Å²) < 4.78 is 25.4. The minimum Gasteiger partial charge on any atom is -0.351 e. The number of sulfonamides is 1. The molecule has 0 saturated carbocycles. The van der Waals surface area contributed by atoms with Crippen molar-refractivity contribution in [2.45, 2.75) is 38.3 Å². The number of hydrogen-bond acceptors (Lipinski definition) is 5. The molecule has 0 unspecified atom stereocenters. The third-order valence-electron chi connectivity index (χ3n) is 4.91. The number of thioether (sulfide) groups is 1. The molecule has 0 aromatic heterocycles. The van der Waals surface area contributed by atoms with Crippen LogP contribution < -0.4 is 10.6 Å². The van der Waals surface area contributed by atoms with Gasteiger partial charge in [0.2, 0.25) is 15.9 Å². The maximum Gasteiger partial charge on any atom is 0.253 e. The second-order valence-corrected chi connectivity index (χ2v) is 10.5. The summed E-state index contributed by atoms with van der Waals surface area (Å²) in [7, 11) is -3.20. The van der Waals surface area contributed by atoms with E-state index in [0.29, 0.717) is 48.7 Å². The Kier molecular flexibility index (Phi) is 9.26. The highest BCUT2D eigenvalue weighted by atomic mass is 35.5. The van der Waals surface area contributed by atoms with Gasteiger partial charge in [0, 0.05) is 19.1 Å². The van der Waals surface area contributed by atoms with Gasteiger partial charge in [-0.2, -0.15) is 11.8 Å². The van der Waals surface area contributed by atoms with Gasteiger partial charge in [0.15, 0.2) is 0 Å². The van der Waals surface area contributed by atoms with Crippen LogP contribution >= 0.6 is 23.4 Å². The Labute approximate surface area is 182 Å². The first-order chi connectivity index (χ1) is 13.8. The van der Waals surface area contributed by atoms with E-state index in [1.165, 1.54) is 4.31 Å². The molecule has 1 heterocycles. The second kappa shape index (κ2) is 11.2. The van der Waals surface area contributed by atoms with E-state index in [4.69, 9.17) is 11.6 Å². The van der Waals surface area contributed by atoms with E-state index in [9.17, 15) is 18.0 Å². The van der Waals surface area contributed by atoms with Gasteiger partial charge in [-0.1, -0.05) is 23.7 Å². The first kappa shape index (κ1) is 24.0. The van der Waals surface area contributed by atoms with E-state index in [1.807, 2.05) is 6.26 Å². The Hall–Kier alpha value is -1.29. The van der Waals surface area contributed by atoms with Crippen molar-refractivity contribution < 1.29 is 18.0 Å². The number of carbonyl (C=O) groups is 2. The molecule has 162 valence electrons. The highest BCUT2D eigenvalue weighted by Gasteiger charge is 2.29. The third-order valence-corrected chi connectivity index (χ3v) is 7.76. The lowest BCUT2D eigenvalue weighted by atomic mass is 10.1. The molecule has 0 spiro atoms. The standard InChI is InChI=1S/C19H28ClN3O4S2/c1-3-29(26,27)23-11-8-14(9-12-23)21-19(25)17(10-13-28-2)22-18(24)15-6-4-5-7-16(15)20/h4-7,14,17H,3,8-13H2,1-2H3,(H,21,25)(H,22,24)/t17-/m1/s1. The lowest BCUT2D eigenvalue weighted by Gasteiger charge is -2.32. The van der Waals surface area contributed by atoms with E-state index >= 15 is 0 Å². The van der Waals surface area contributed by atoms with Crippen LogP contribution in [-0.2, 0) is 14.8 Å². The summed E-state index contributed by atoms with van der Waals surface area (Å²) in [6, 6.07) is 5.91. The molecule has 1 fully saturated rings. The summed E-state index contributed by atoms with van der Waals surface area (Å²) in [5.74, 6) is 0.153. The molecule has 1 saturated heterocycles. The van der Waals surface area contributed by atoms with Crippen LogP contribution in [0.1, 0.15) is 36.5 Å². The smallest absolute Gasteiger partial charge is 0.253 e. The molecule has 2 N–H and O–H groups in total. The van der Waals surface area contributed by atoms with Crippen molar-refractivity contribution in [2.75, 3.05) is 30.9 Å². The molecule has 0 bridgehead atoms. The summed E-state index contributed by atoms with van der Waals surface area (Å²) in [6.07, 6.45) is 3.54. The highest BCUT2D eigenvalue weighted by Crippen LogP contribution is 2.17. The van der Waals surface area contributed by atoms with Crippen molar-refractivity contribution in [3.8, 4) is 0 Å². The van der Waals surface area contributed by atoms with Gasteiger partial charge in [0.1, 0.15) is 6.04 Å². The van der Waals surface area contributed by atoms with Crippen LogP contribution in [0.2, 0.25) is 5.02 Å². The molecule has 2 amide bonds. The first-order valence-electron chi connectivity index (χ1n) is 9.61. The van der Waals surface area contributed by atoms with Gasteiger partial charge in [-0.3, -0.25) is 9.59 Å². The fourth-order valence-electron chi connectivity index (χ4n) is 3.15. The maximum absolute atomic E-state index is 12.8. The van der Waals surface area contributed by atoms with Crippen molar-refractivity contribution in [3.05, 3.63) is 34.9 Å². The number of nitrogens with zero attached hydrogens (tertiary/aromatic N) is 1. The quantitative estimate of drug-likeness (QED) is 0.587. The fraction of sp³-hybridized carbons (Fsp3) is 0.579. The lowest BCUT2D eigenvalue weighted by molar-refractivity contribution is -0.124. The normalized spacial score (nSPS) is 16.9. The number of piperidine rings is 1. The average Bonchev–Trinajstić information content (AvgIpc) is 2.71. The lowest BCUT2D eigenvalue weighted by Crippen LogP contribution is -2.53. The van der Waals surface area contributed by atoms with Crippen molar-refractivity contribution >= 4 is 45.2 Å². The molecule has 0 aliphatic carbocycles. The fourth-order valence-corrected chi connectivity index (χ4v) is 4.97. The molecule has 1 aliphatic heterocycles. The van der Waals surface area contributed by atoms with Gasteiger partial charge in [-0.15, -0.1) is 0 Å². The number of carbonyl (C=O) groups excluding carboxylic acids is 2. The molecule has 1 aromatic carbocycles. The second-order valence-electron chi connectivity index (χ2n) is 6.87. The molecule has 0 radical (unpaired) electrons. The predicted octanol–water partition coefficient (Wildman–Crippen LogP) is 2.12. The van der Waals surface area contributed by atoms with Gasteiger partial charge < -0.3 is 10.6 Å². The minimum atomic E-state index is -3.20. The van der Waals surface area contributed by atoms with Gasteiger partial charge in [0.25, 0.3) is 5.91 Å². The Morgan fingerprint density at radius 2 is 1.93 bits per heavy atom. The zero-order valence-corrected chi connectivity index (χ0v) is 19.1. The predicted molar refractivity (Wildman–Crippen MR) is 118 cm³/mol. The summed E-state index contributed by atoms with van der Waals surface area (Å²) in [6.45, 7) is 2.41. The summed E-state index contributed by atoms with van der Waals surface area (Å²) in [5, 5.41) is 6.09. The summed E-state index contributed by atoms with van der Waals surface area (Å²) in [5.41, 5.74) is 0.328. The van der Waals surface area contributed by atoms with Crippen LogP contribution in [-0.4, -0.2) is 67.5 Å². The van der Waals surface area contributed by atoms with Crippen LogP contribution in [0.25, 0.3) is 0 Å². The number of nitrogens with one attached hydrogen (secondary N) is 2. The molecule has 7 nitrogen and oxygen atoms in total. The van der Waals surface area contributed by atoms with E-state index in [1.54, 1.807) is 43.0 Å². The monoisotopic (exact) mass is 461 g/mol. The van der Waals surface area contributed by atoms with E-state index in [-0.39, 0.29) is 23.6 Å². The number of benzene rings is 1. The van der Waals surface area contributed by atoms with Crippen molar-refractivity contribution in [1.29, 1.82) is 0 Å². The largest absolute Gasteiger partial charge is 0.351 e. The third kappa shape index (κ3) is 6.87. The van der Waals surface area contributed by atoms with Gasteiger partial charge in [0.05, 0.1) is 16.3 Å². The van der Waals surface area contributed by atoms with Crippen LogP contribution in [0.3, 0.4) is 0 Å². The topological polar surface area (TPSA) is 95.6 Å². The van der Waals surface area contributed by atoms with Crippen LogP contribution in [0, 0.1) is 0 Å². The Morgan fingerprint density at radius 3 is 2.52 bits per heavy atom. The zero-order chi connectivity index (χ0) is 21.4. The molecule has 2 rings (SSSR count).